The van der Waals surface area contributed by atoms with Crippen molar-refractivity contribution in [2.24, 2.45) is 0 Å². The van der Waals surface area contributed by atoms with Gasteiger partial charge < -0.3 is 20.3 Å². The van der Waals surface area contributed by atoms with Crippen LogP contribution in [0.2, 0.25) is 0 Å². The van der Waals surface area contributed by atoms with Crippen LogP contribution in [0.5, 0.6) is 0 Å². The molecule has 2 aliphatic heterocycles. The van der Waals surface area contributed by atoms with Crippen LogP contribution in [0.4, 0.5) is 21.5 Å². The van der Waals surface area contributed by atoms with Gasteiger partial charge in [0.1, 0.15) is 5.82 Å². The van der Waals surface area contributed by atoms with Crippen LogP contribution in [0.15, 0.2) is 54.6 Å². The number of nitrogens with zero attached hydrogens (tertiary/aromatic N) is 2. The Morgan fingerprint density at radius 2 is 1.60 bits per heavy atom. The van der Waals surface area contributed by atoms with E-state index in [4.69, 9.17) is 4.74 Å². The molecule has 0 unspecified atom stereocenters. The van der Waals surface area contributed by atoms with Crippen molar-refractivity contribution in [1.82, 2.24) is 4.90 Å². The second-order valence-corrected chi connectivity index (χ2v) is 9.29. The van der Waals surface area contributed by atoms with Gasteiger partial charge in [0.2, 0.25) is 0 Å². The van der Waals surface area contributed by atoms with Gasteiger partial charge in [0.25, 0.3) is 5.91 Å². The van der Waals surface area contributed by atoms with Crippen LogP contribution in [0.3, 0.4) is 0 Å². The third kappa shape index (κ3) is 5.74. The van der Waals surface area contributed by atoms with Crippen molar-refractivity contribution in [2.45, 2.75) is 19.3 Å². The average Bonchev–Trinajstić information content (AvgIpc) is 2.90. The standard InChI is InChI=1S/C28H33FN4O2/c29-22-18-21(19-23(20-22)33-11-4-1-5-12-33)28(34)31-27-9-8-26(24-6-2-3-7-25(24)27)30-10-13-32-14-16-35-17-15-32/h2-3,6-9,18-20,30H,1,4-5,10-17H2,(H,31,34). The van der Waals surface area contributed by atoms with Crippen molar-refractivity contribution < 1.29 is 13.9 Å². The predicted octanol–water partition coefficient (Wildman–Crippen LogP) is 4.97. The van der Waals surface area contributed by atoms with Gasteiger partial charge in [-0.2, -0.15) is 0 Å². The molecule has 0 saturated carbocycles. The second kappa shape index (κ2) is 11.1. The van der Waals surface area contributed by atoms with E-state index in [1.165, 1.54) is 18.6 Å². The van der Waals surface area contributed by atoms with Gasteiger partial charge in [-0.1, -0.05) is 24.3 Å². The van der Waals surface area contributed by atoms with Gasteiger partial charge in [-0.25, -0.2) is 4.39 Å². The number of anilines is 3. The monoisotopic (exact) mass is 476 g/mol. The largest absolute Gasteiger partial charge is 0.383 e. The van der Waals surface area contributed by atoms with Crippen molar-refractivity contribution in [2.75, 3.05) is 68.0 Å². The highest BCUT2D eigenvalue weighted by Crippen LogP contribution is 2.31. The molecular formula is C28H33FN4O2. The fourth-order valence-corrected chi connectivity index (χ4v) is 4.97. The molecule has 2 saturated heterocycles. The van der Waals surface area contributed by atoms with Crippen LogP contribution in [0, 0.1) is 5.82 Å². The Bertz CT molecular complexity index is 1170. The van der Waals surface area contributed by atoms with E-state index in [0.29, 0.717) is 11.3 Å². The third-order valence-electron chi connectivity index (χ3n) is 6.89. The summed E-state index contributed by atoms with van der Waals surface area (Å²) in [5.41, 5.74) is 2.86. The lowest BCUT2D eigenvalue weighted by Gasteiger charge is -2.29. The van der Waals surface area contributed by atoms with Gasteiger partial charge in [0, 0.05) is 72.7 Å². The summed E-state index contributed by atoms with van der Waals surface area (Å²) < 4.78 is 19.8. The van der Waals surface area contributed by atoms with Crippen molar-refractivity contribution in [3.05, 3.63) is 66.0 Å². The number of ether oxygens (including phenoxy) is 1. The summed E-state index contributed by atoms with van der Waals surface area (Å²) >= 11 is 0. The van der Waals surface area contributed by atoms with Gasteiger partial charge in [0.15, 0.2) is 0 Å². The maximum absolute atomic E-state index is 14.4. The second-order valence-electron chi connectivity index (χ2n) is 9.29. The van der Waals surface area contributed by atoms with E-state index in [1.54, 1.807) is 6.07 Å². The Kier molecular flexibility index (Phi) is 7.45. The first-order valence-corrected chi connectivity index (χ1v) is 12.6. The highest BCUT2D eigenvalue weighted by molar-refractivity contribution is 6.11. The van der Waals surface area contributed by atoms with Crippen LogP contribution in [0.1, 0.15) is 29.6 Å². The molecule has 7 heteroatoms. The zero-order valence-corrected chi connectivity index (χ0v) is 20.1. The summed E-state index contributed by atoms with van der Waals surface area (Å²) in [5, 5.41) is 8.56. The molecule has 3 aromatic rings. The first-order chi connectivity index (χ1) is 17.2. The first kappa shape index (κ1) is 23.6. The van der Waals surface area contributed by atoms with E-state index in [-0.39, 0.29) is 11.7 Å². The topological polar surface area (TPSA) is 56.8 Å². The van der Waals surface area contributed by atoms with Crippen molar-refractivity contribution in [3.8, 4) is 0 Å². The number of amides is 1. The number of halogens is 1. The summed E-state index contributed by atoms with van der Waals surface area (Å²) in [4.78, 5) is 17.7. The number of nitrogens with one attached hydrogen (secondary N) is 2. The molecule has 5 rings (SSSR count). The molecule has 2 fully saturated rings. The number of carbonyl (C=O) groups excluding carboxylic acids is 1. The van der Waals surface area contributed by atoms with E-state index in [9.17, 15) is 9.18 Å². The van der Waals surface area contributed by atoms with E-state index in [2.05, 4.69) is 26.5 Å². The molecule has 0 bridgehead atoms. The normalized spacial score (nSPS) is 16.9. The number of hydrogen-bond donors (Lipinski definition) is 2. The van der Waals surface area contributed by atoms with Crippen LogP contribution < -0.4 is 15.5 Å². The Balaban J connectivity index is 1.31. The highest BCUT2D eigenvalue weighted by Gasteiger charge is 2.17. The smallest absolute Gasteiger partial charge is 0.255 e. The van der Waals surface area contributed by atoms with Gasteiger partial charge in [-0.15, -0.1) is 0 Å². The molecule has 35 heavy (non-hydrogen) atoms. The Morgan fingerprint density at radius 3 is 2.37 bits per heavy atom. The molecule has 0 atom stereocenters. The number of piperidine rings is 1. The molecule has 0 radical (unpaired) electrons. The lowest BCUT2D eigenvalue weighted by atomic mass is 10.1. The molecule has 184 valence electrons. The van der Waals surface area contributed by atoms with Crippen molar-refractivity contribution in [3.63, 3.8) is 0 Å². The Hall–Kier alpha value is -3.16. The Morgan fingerprint density at radius 1 is 0.886 bits per heavy atom. The van der Waals surface area contributed by atoms with E-state index < -0.39 is 0 Å². The van der Waals surface area contributed by atoms with Gasteiger partial charge in [-0.05, 0) is 49.6 Å². The number of hydrogen-bond acceptors (Lipinski definition) is 5. The maximum Gasteiger partial charge on any atom is 0.255 e. The van der Waals surface area contributed by atoms with Crippen molar-refractivity contribution in [1.29, 1.82) is 0 Å². The minimum atomic E-state index is -0.386. The number of morpholine rings is 1. The number of benzene rings is 3. The minimum Gasteiger partial charge on any atom is -0.383 e. The van der Waals surface area contributed by atoms with E-state index in [0.717, 1.165) is 87.5 Å². The molecule has 0 aliphatic carbocycles. The molecular weight excluding hydrogens is 443 g/mol. The van der Waals surface area contributed by atoms with Crippen LogP contribution in [-0.4, -0.2) is 63.3 Å². The summed E-state index contributed by atoms with van der Waals surface area (Å²) in [6.07, 6.45) is 3.39. The van der Waals surface area contributed by atoms with Crippen molar-refractivity contribution >= 4 is 33.7 Å². The summed E-state index contributed by atoms with van der Waals surface area (Å²) in [6.45, 7) is 7.10. The molecule has 3 aromatic carbocycles. The maximum atomic E-state index is 14.4. The zero-order valence-electron chi connectivity index (χ0n) is 20.1. The third-order valence-corrected chi connectivity index (χ3v) is 6.89. The van der Waals surface area contributed by atoms with E-state index >= 15 is 0 Å². The fourth-order valence-electron chi connectivity index (χ4n) is 4.97. The minimum absolute atomic E-state index is 0.305. The van der Waals surface area contributed by atoms with Crippen LogP contribution in [0.25, 0.3) is 10.8 Å². The lowest BCUT2D eigenvalue weighted by Crippen LogP contribution is -2.39. The lowest BCUT2D eigenvalue weighted by molar-refractivity contribution is 0.0398. The zero-order chi connectivity index (χ0) is 24.0. The predicted molar refractivity (Wildman–Crippen MR) is 140 cm³/mol. The average molecular weight is 477 g/mol. The number of carbonyl (C=O) groups is 1. The van der Waals surface area contributed by atoms with Crippen LogP contribution in [-0.2, 0) is 4.74 Å². The van der Waals surface area contributed by atoms with Gasteiger partial charge in [0.05, 0.1) is 13.2 Å². The SMILES string of the molecule is O=C(Nc1ccc(NCCN2CCOCC2)c2ccccc12)c1cc(F)cc(N2CCCCC2)c1. The summed E-state index contributed by atoms with van der Waals surface area (Å²) in [7, 11) is 0. The Labute approximate surface area is 206 Å². The molecule has 2 N–H and O–H groups in total. The number of rotatable bonds is 7. The molecule has 0 spiro atoms. The molecule has 2 aliphatic rings. The molecule has 0 aromatic heterocycles. The molecule has 1 amide bonds. The summed E-state index contributed by atoms with van der Waals surface area (Å²) in [5.74, 6) is -0.691. The molecule has 6 nitrogen and oxygen atoms in total. The quantitative estimate of drug-likeness (QED) is 0.505. The van der Waals surface area contributed by atoms with Gasteiger partial charge in [-0.3, -0.25) is 9.69 Å². The van der Waals surface area contributed by atoms with E-state index in [1.807, 2.05) is 30.3 Å². The fraction of sp³-hybridized carbons (Fsp3) is 0.393. The highest BCUT2D eigenvalue weighted by atomic mass is 19.1. The number of fused-ring (bicyclic) bond motifs is 1. The van der Waals surface area contributed by atoms with Crippen LogP contribution >= 0.6 is 0 Å². The first-order valence-electron chi connectivity index (χ1n) is 12.6. The molecule has 2 heterocycles. The summed E-state index contributed by atoms with van der Waals surface area (Å²) in [6, 6.07) is 16.6. The van der Waals surface area contributed by atoms with Gasteiger partial charge >= 0.3 is 0 Å².